The number of amides is 1. The fourth-order valence-corrected chi connectivity index (χ4v) is 3.94. The lowest BCUT2D eigenvalue weighted by Crippen LogP contribution is -2.26. The summed E-state index contributed by atoms with van der Waals surface area (Å²) in [4.78, 5) is 38.1. The first-order valence-electron chi connectivity index (χ1n) is 9.48. The number of rotatable bonds is 3. The summed E-state index contributed by atoms with van der Waals surface area (Å²) in [5, 5.41) is 2.58. The summed E-state index contributed by atoms with van der Waals surface area (Å²) in [5.74, 6) is 0.0986. The summed E-state index contributed by atoms with van der Waals surface area (Å²) in [6.07, 6.45) is 5.16. The van der Waals surface area contributed by atoms with Gasteiger partial charge in [-0.2, -0.15) is 0 Å². The maximum atomic E-state index is 13.4. The summed E-state index contributed by atoms with van der Waals surface area (Å²) in [7, 11) is 1.56. The average molecular weight is 388 g/mol. The molecule has 1 aromatic carbocycles. The van der Waals surface area contributed by atoms with Crippen LogP contribution >= 0.6 is 0 Å². The molecule has 3 aromatic rings. The Labute approximate surface area is 170 Å². The second-order valence-electron chi connectivity index (χ2n) is 7.80. The molecule has 2 heterocycles. The van der Waals surface area contributed by atoms with Crippen molar-refractivity contribution < 1.29 is 11.0 Å². The Morgan fingerprint density at radius 1 is 1.07 bits per heavy atom. The summed E-state index contributed by atoms with van der Waals surface area (Å²) >= 11 is 0. The third kappa shape index (κ3) is 3.10. The fourth-order valence-electron chi connectivity index (χ4n) is 3.94. The molecule has 1 amide bonds. The van der Waals surface area contributed by atoms with Crippen molar-refractivity contribution in [3.05, 3.63) is 77.1 Å². The molecule has 1 aliphatic carbocycles. The Balaban J connectivity index is 0.00000256. The lowest BCUT2D eigenvalue weighted by Gasteiger charge is -2.18. The van der Waals surface area contributed by atoms with Gasteiger partial charge in [0.25, 0.3) is 5.91 Å². The molecule has 1 aliphatic rings. The Bertz CT molecular complexity index is 1130. The van der Waals surface area contributed by atoms with Gasteiger partial charge in [-0.3, -0.25) is 14.6 Å². The zero-order valence-corrected chi connectivity index (χ0v) is 16.9. The maximum absolute atomic E-state index is 13.4. The van der Waals surface area contributed by atoms with E-state index in [1.807, 2.05) is 45.0 Å². The molecular formula is C23H24N4O2. The third-order valence-electron chi connectivity index (χ3n) is 5.61. The molecule has 0 spiro atoms. The molecule has 1 unspecified atom stereocenters. The summed E-state index contributed by atoms with van der Waals surface area (Å²) < 4.78 is 0. The van der Waals surface area contributed by atoms with E-state index in [-0.39, 0.29) is 13.1 Å². The van der Waals surface area contributed by atoms with E-state index >= 15 is 0 Å². The molecule has 0 bridgehead atoms. The van der Waals surface area contributed by atoms with Gasteiger partial charge >= 0.3 is 0 Å². The minimum absolute atomic E-state index is 0. The second kappa shape index (κ2) is 6.88. The van der Waals surface area contributed by atoms with E-state index in [4.69, 9.17) is 0 Å². The number of pyridine rings is 1. The smallest absolute Gasteiger partial charge is 0.269 e. The van der Waals surface area contributed by atoms with E-state index in [0.717, 1.165) is 27.8 Å². The zero-order chi connectivity index (χ0) is 20.8. The van der Waals surface area contributed by atoms with Crippen molar-refractivity contribution in [3.63, 3.8) is 0 Å². The molecular weight excluding hydrogens is 364 g/mol. The molecule has 0 saturated carbocycles. The Hall–Kier alpha value is -3.41. The van der Waals surface area contributed by atoms with Crippen molar-refractivity contribution in [1.29, 1.82) is 0 Å². The Morgan fingerprint density at radius 3 is 2.48 bits per heavy atom. The van der Waals surface area contributed by atoms with Crippen molar-refractivity contribution in [1.82, 2.24) is 20.3 Å². The lowest BCUT2D eigenvalue weighted by molar-refractivity contribution is -0.122. The first-order valence-corrected chi connectivity index (χ1v) is 9.48. The van der Waals surface area contributed by atoms with Crippen LogP contribution in [0.1, 0.15) is 54.2 Å². The van der Waals surface area contributed by atoms with Crippen LogP contribution < -0.4 is 5.32 Å². The van der Waals surface area contributed by atoms with Crippen molar-refractivity contribution in [2.24, 2.45) is 0 Å². The highest BCUT2D eigenvalue weighted by atomic mass is 16.1. The van der Waals surface area contributed by atoms with E-state index in [0.29, 0.717) is 11.5 Å². The first kappa shape index (κ1) is 18.9. The topological polar surface area (TPSA) is 84.8 Å². The van der Waals surface area contributed by atoms with Crippen LogP contribution in [0.25, 0.3) is 11.1 Å². The number of hydrogen-bond acceptors (Lipinski definition) is 5. The number of carbonyl (C=O) groups is 2. The number of carbonyl (C=O) groups excluding carboxylic acids is 2. The standard InChI is InChI=1S/C23H22N4O2.H2/c1-13-26-11-16(12-27-13)14-5-6-18-17(9-14)20(21(28)23(18,2)3)15-7-8-25-19(10-15)22(29)24-4;/h5-12,20H,1-4H3,(H,24,29);1H. The van der Waals surface area contributed by atoms with E-state index < -0.39 is 11.3 Å². The van der Waals surface area contributed by atoms with E-state index in [2.05, 4.69) is 20.3 Å². The SMILES string of the molecule is CNC(=O)c1cc(C2C(=O)C(C)(C)c3ccc(-c4cnc(C)nc4)cc32)ccn1.[HH]. The number of ketones is 1. The molecule has 0 radical (unpaired) electrons. The van der Waals surface area contributed by atoms with Gasteiger partial charge in [-0.15, -0.1) is 0 Å². The lowest BCUT2D eigenvalue weighted by atomic mass is 9.83. The Kier molecular flexibility index (Phi) is 4.49. The van der Waals surface area contributed by atoms with Crippen LogP contribution in [0, 0.1) is 6.92 Å². The van der Waals surface area contributed by atoms with Crippen molar-refractivity contribution >= 4 is 11.7 Å². The predicted octanol–water partition coefficient (Wildman–Crippen LogP) is 3.44. The largest absolute Gasteiger partial charge is 0.354 e. The van der Waals surface area contributed by atoms with Crippen LogP contribution in [0.15, 0.2) is 48.9 Å². The molecule has 6 heteroatoms. The van der Waals surface area contributed by atoms with Crippen LogP contribution in [0.3, 0.4) is 0 Å². The highest BCUT2D eigenvalue weighted by Crippen LogP contribution is 2.47. The number of nitrogens with one attached hydrogen (secondary N) is 1. The van der Waals surface area contributed by atoms with Gasteiger partial charge in [0.05, 0.1) is 5.92 Å². The molecule has 29 heavy (non-hydrogen) atoms. The van der Waals surface area contributed by atoms with Gasteiger partial charge in [0.15, 0.2) is 5.78 Å². The van der Waals surface area contributed by atoms with Crippen LogP contribution in [0.2, 0.25) is 0 Å². The zero-order valence-electron chi connectivity index (χ0n) is 16.9. The normalized spacial score (nSPS) is 17.1. The van der Waals surface area contributed by atoms with Crippen LogP contribution in [-0.2, 0) is 10.2 Å². The van der Waals surface area contributed by atoms with Gasteiger partial charge in [-0.05, 0) is 61.2 Å². The summed E-state index contributed by atoms with van der Waals surface area (Å²) in [6.45, 7) is 5.74. The number of hydrogen-bond donors (Lipinski definition) is 1. The summed E-state index contributed by atoms with van der Waals surface area (Å²) in [5.41, 5.74) is 4.27. The quantitative estimate of drug-likeness (QED) is 0.743. The molecule has 0 saturated heterocycles. The highest BCUT2D eigenvalue weighted by Gasteiger charge is 2.46. The molecule has 6 nitrogen and oxygen atoms in total. The number of fused-ring (bicyclic) bond motifs is 1. The van der Waals surface area contributed by atoms with Gasteiger partial charge in [0.2, 0.25) is 0 Å². The average Bonchev–Trinajstić information content (AvgIpc) is 2.93. The van der Waals surface area contributed by atoms with E-state index in [1.54, 1.807) is 31.7 Å². The molecule has 0 aliphatic heterocycles. The van der Waals surface area contributed by atoms with Crippen LogP contribution in [0.5, 0.6) is 0 Å². The Morgan fingerprint density at radius 2 is 1.79 bits per heavy atom. The molecule has 2 aromatic heterocycles. The van der Waals surface area contributed by atoms with Gasteiger partial charge in [-0.1, -0.05) is 12.1 Å². The highest BCUT2D eigenvalue weighted by molar-refractivity contribution is 6.03. The molecule has 4 rings (SSSR count). The minimum atomic E-state index is -0.612. The molecule has 1 N–H and O–H groups in total. The number of Topliss-reactive ketones (excluding diaryl/α,β-unsaturated/α-hetero) is 1. The van der Waals surface area contributed by atoms with Crippen molar-refractivity contribution in [2.75, 3.05) is 7.05 Å². The van der Waals surface area contributed by atoms with Gasteiger partial charge in [-0.25, -0.2) is 9.97 Å². The third-order valence-corrected chi connectivity index (χ3v) is 5.61. The van der Waals surface area contributed by atoms with Crippen LogP contribution in [-0.4, -0.2) is 33.7 Å². The van der Waals surface area contributed by atoms with Crippen LogP contribution in [0.4, 0.5) is 0 Å². The minimum Gasteiger partial charge on any atom is -0.354 e. The molecule has 0 fully saturated rings. The van der Waals surface area contributed by atoms with Crippen molar-refractivity contribution in [3.8, 4) is 11.1 Å². The second-order valence-corrected chi connectivity index (χ2v) is 7.80. The van der Waals surface area contributed by atoms with Gasteiger partial charge in [0, 0.05) is 38.0 Å². The number of aromatic nitrogens is 3. The van der Waals surface area contributed by atoms with E-state index in [1.165, 1.54) is 0 Å². The van der Waals surface area contributed by atoms with Crippen molar-refractivity contribution in [2.45, 2.75) is 32.1 Å². The summed E-state index contributed by atoms with van der Waals surface area (Å²) in [6, 6.07) is 9.58. The number of benzene rings is 1. The fraction of sp³-hybridized carbons (Fsp3) is 0.261. The predicted molar refractivity (Wildman–Crippen MR) is 112 cm³/mol. The van der Waals surface area contributed by atoms with E-state index in [9.17, 15) is 9.59 Å². The number of aryl methyl sites for hydroxylation is 1. The van der Waals surface area contributed by atoms with Gasteiger partial charge < -0.3 is 5.32 Å². The first-order chi connectivity index (χ1) is 13.8. The van der Waals surface area contributed by atoms with Gasteiger partial charge in [0.1, 0.15) is 11.5 Å². The molecule has 148 valence electrons. The molecule has 1 atom stereocenters. The maximum Gasteiger partial charge on any atom is 0.269 e. The monoisotopic (exact) mass is 388 g/mol. The number of nitrogens with zero attached hydrogens (tertiary/aromatic N) is 3.